The highest BCUT2D eigenvalue weighted by Gasteiger charge is 2.22. The number of urea groups is 1. The van der Waals surface area contributed by atoms with Crippen LogP contribution in [-0.4, -0.2) is 39.8 Å². The Kier molecular flexibility index (Phi) is 5.12. The molecular weight excluding hydrogens is 334 g/mol. The molecule has 1 aromatic carbocycles. The minimum atomic E-state index is -0.804. The molecule has 0 unspecified atom stereocenters. The highest BCUT2D eigenvalue weighted by molar-refractivity contribution is 5.95. The number of aromatic nitrogens is 3. The molecule has 2 N–H and O–H groups in total. The number of pyridine rings is 1. The van der Waals surface area contributed by atoms with Gasteiger partial charge in [0, 0.05) is 12.6 Å². The number of esters is 1. The van der Waals surface area contributed by atoms with Gasteiger partial charge in [0.05, 0.1) is 12.8 Å². The summed E-state index contributed by atoms with van der Waals surface area (Å²) in [6.07, 6.45) is 2.13. The molecule has 0 aliphatic rings. The molecule has 8 nitrogen and oxygen atoms in total. The van der Waals surface area contributed by atoms with Crippen LogP contribution in [-0.2, 0) is 16.0 Å². The fraction of sp³-hybridized carbons (Fsp3) is 0.222. The molecule has 0 aliphatic carbocycles. The summed E-state index contributed by atoms with van der Waals surface area (Å²) in [7, 11) is 1.29. The van der Waals surface area contributed by atoms with E-state index in [0.29, 0.717) is 23.6 Å². The minimum absolute atomic E-state index is 0.329. The first-order valence-corrected chi connectivity index (χ1v) is 8.08. The third kappa shape index (κ3) is 3.80. The average Bonchev–Trinajstić information content (AvgIpc) is 3.03. The molecule has 0 saturated heterocycles. The summed E-state index contributed by atoms with van der Waals surface area (Å²) < 4.78 is 6.56. The SMILES string of the molecule is COC(=O)[C@@H](Cc1ccccc1)NC(=O)Nc1cccn2c(C)nnc12. The van der Waals surface area contributed by atoms with Crippen molar-refractivity contribution in [2.45, 2.75) is 19.4 Å². The summed E-state index contributed by atoms with van der Waals surface area (Å²) in [5.41, 5.74) is 1.94. The number of nitrogens with one attached hydrogen (secondary N) is 2. The van der Waals surface area contributed by atoms with Crippen molar-refractivity contribution in [2.75, 3.05) is 12.4 Å². The number of anilines is 1. The van der Waals surface area contributed by atoms with Gasteiger partial charge in [0.25, 0.3) is 0 Å². The number of amides is 2. The predicted molar refractivity (Wildman–Crippen MR) is 95.8 cm³/mol. The lowest BCUT2D eigenvalue weighted by Crippen LogP contribution is -2.45. The van der Waals surface area contributed by atoms with Gasteiger partial charge in [-0.3, -0.25) is 4.40 Å². The van der Waals surface area contributed by atoms with Crippen LogP contribution >= 0.6 is 0 Å². The first kappa shape index (κ1) is 17.4. The molecule has 0 bridgehead atoms. The summed E-state index contributed by atoms with van der Waals surface area (Å²) >= 11 is 0. The fourth-order valence-corrected chi connectivity index (χ4v) is 2.63. The first-order valence-electron chi connectivity index (χ1n) is 8.08. The number of carbonyl (C=O) groups is 2. The molecule has 0 radical (unpaired) electrons. The van der Waals surface area contributed by atoms with Crippen LogP contribution in [0.15, 0.2) is 48.7 Å². The van der Waals surface area contributed by atoms with E-state index in [-0.39, 0.29) is 0 Å². The van der Waals surface area contributed by atoms with Gasteiger partial charge in [-0.15, -0.1) is 10.2 Å². The number of aryl methyl sites for hydroxylation is 1. The lowest BCUT2D eigenvalue weighted by Gasteiger charge is -2.17. The van der Waals surface area contributed by atoms with Crippen LogP contribution in [0.4, 0.5) is 10.5 Å². The second-order valence-electron chi connectivity index (χ2n) is 5.73. The van der Waals surface area contributed by atoms with Gasteiger partial charge in [-0.1, -0.05) is 30.3 Å². The van der Waals surface area contributed by atoms with E-state index >= 15 is 0 Å². The highest BCUT2D eigenvalue weighted by atomic mass is 16.5. The Morgan fingerprint density at radius 2 is 1.92 bits per heavy atom. The largest absolute Gasteiger partial charge is 0.467 e. The monoisotopic (exact) mass is 353 g/mol. The summed E-state index contributed by atoms with van der Waals surface area (Å²) in [6.45, 7) is 1.82. The van der Waals surface area contributed by atoms with Crippen LogP contribution in [0.1, 0.15) is 11.4 Å². The van der Waals surface area contributed by atoms with Crippen molar-refractivity contribution in [1.82, 2.24) is 19.9 Å². The Hall–Kier alpha value is -3.42. The van der Waals surface area contributed by atoms with Gasteiger partial charge in [0.2, 0.25) is 0 Å². The topological polar surface area (TPSA) is 97.6 Å². The molecule has 3 aromatic rings. The van der Waals surface area contributed by atoms with Crippen molar-refractivity contribution in [3.8, 4) is 0 Å². The van der Waals surface area contributed by atoms with Gasteiger partial charge in [0.1, 0.15) is 11.9 Å². The Bertz CT molecular complexity index is 923. The van der Waals surface area contributed by atoms with Gasteiger partial charge in [0.15, 0.2) is 5.65 Å². The van der Waals surface area contributed by atoms with Crippen molar-refractivity contribution in [3.63, 3.8) is 0 Å². The number of benzene rings is 1. The predicted octanol–water partition coefficient (Wildman–Crippen LogP) is 1.94. The second kappa shape index (κ2) is 7.64. The van der Waals surface area contributed by atoms with Crippen LogP contribution in [0.2, 0.25) is 0 Å². The molecule has 1 atom stereocenters. The molecule has 26 heavy (non-hydrogen) atoms. The van der Waals surface area contributed by atoms with E-state index in [1.807, 2.05) is 37.3 Å². The second-order valence-corrected chi connectivity index (χ2v) is 5.73. The maximum atomic E-state index is 12.4. The van der Waals surface area contributed by atoms with E-state index in [2.05, 4.69) is 20.8 Å². The number of carbonyl (C=O) groups excluding carboxylic acids is 2. The molecule has 0 aliphatic heterocycles. The number of fused-ring (bicyclic) bond motifs is 1. The first-order chi connectivity index (χ1) is 12.6. The van der Waals surface area contributed by atoms with Crippen molar-refractivity contribution in [1.29, 1.82) is 0 Å². The third-order valence-corrected chi connectivity index (χ3v) is 3.93. The Balaban J connectivity index is 1.74. The van der Waals surface area contributed by atoms with Crippen LogP contribution in [0.25, 0.3) is 5.65 Å². The van der Waals surface area contributed by atoms with E-state index in [0.717, 1.165) is 5.56 Å². The van der Waals surface area contributed by atoms with Crippen molar-refractivity contribution < 1.29 is 14.3 Å². The van der Waals surface area contributed by atoms with Gasteiger partial charge in [-0.05, 0) is 24.6 Å². The lowest BCUT2D eigenvalue weighted by atomic mass is 10.1. The summed E-state index contributed by atoms with van der Waals surface area (Å²) in [6, 6.07) is 11.6. The van der Waals surface area contributed by atoms with Gasteiger partial charge >= 0.3 is 12.0 Å². The van der Waals surface area contributed by atoms with Gasteiger partial charge in [-0.2, -0.15) is 0 Å². The third-order valence-electron chi connectivity index (χ3n) is 3.93. The maximum absolute atomic E-state index is 12.4. The van der Waals surface area contributed by atoms with Crippen LogP contribution in [0, 0.1) is 6.92 Å². The van der Waals surface area contributed by atoms with Crippen LogP contribution in [0.3, 0.4) is 0 Å². The van der Waals surface area contributed by atoms with E-state index < -0.39 is 18.0 Å². The Morgan fingerprint density at radius 1 is 1.15 bits per heavy atom. The molecule has 0 saturated carbocycles. The van der Waals surface area contributed by atoms with Crippen molar-refractivity contribution in [3.05, 3.63) is 60.0 Å². The number of hydrogen-bond donors (Lipinski definition) is 2. The minimum Gasteiger partial charge on any atom is -0.467 e. The number of hydrogen-bond acceptors (Lipinski definition) is 5. The summed E-state index contributed by atoms with van der Waals surface area (Å²) in [5.74, 6) is 0.195. The standard InChI is InChI=1S/C18H19N5O3/c1-12-21-22-16-14(9-6-10-23(12)16)19-18(25)20-15(17(24)26-2)11-13-7-4-3-5-8-13/h3-10,15H,11H2,1-2H3,(H2,19,20,25)/t15-/m1/s1. The van der Waals surface area contributed by atoms with Gasteiger partial charge < -0.3 is 15.4 Å². The van der Waals surface area contributed by atoms with Crippen LogP contribution in [0.5, 0.6) is 0 Å². The number of nitrogens with zero attached hydrogens (tertiary/aromatic N) is 3. The average molecular weight is 353 g/mol. The molecular formula is C18H19N5O3. The molecule has 8 heteroatoms. The Morgan fingerprint density at radius 3 is 2.65 bits per heavy atom. The number of methoxy groups -OCH3 is 1. The van der Waals surface area contributed by atoms with E-state index in [1.54, 1.807) is 22.7 Å². The fourth-order valence-electron chi connectivity index (χ4n) is 2.63. The quantitative estimate of drug-likeness (QED) is 0.683. The zero-order valence-corrected chi connectivity index (χ0v) is 14.5. The smallest absolute Gasteiger partial charge is 0.328 e. The van der Waals surface area contributed by atoms with Gasteiger partial charge in [-0.25, -0.2) is 9.59 Å². The normalized spacial score (nSPS) is 11.8. The maximum Gasteiger partial charge on any atom is 0.328 e. The van der Waals surface area contributed by atoms with E-state index in [9.17, 15) is 9.59 Å². The van der Waals surface area contributed by atoms with Crippen LogP contribution < -0.4 is 10.6 Å². The molecule has 2 amide bonds. The van der Waals surface area contributed by atoms with E-state index in [4.69, 9.17) is 4.74 Å². The Labute approximate surface area is 150 Å². The molecule has 0 fully saturated rings. The molecule has 0 spiro atoms. The lowest BCUT2D eigenvalue weighted by molar-refractivity contribution is -0.142. The van der Waals surface area contributed by atoms with Crippen molar-refractivity contribution >= 4 is 23.3 Å². The summed E-state index contributed by atoms with van der Waals surface area (Å²) in [4.78, 5) is 24.4. The van der Waals surface area contributed by atoms with E-state index in [1.165, 1.54) is 7.11 Å². The zero-order valence-electron chi connectivity index (χ0n) is 14.5. The summed E-state index contributed by atoms with van der Waals surface area (Å²) in [5, 5.41) is 13.4. The zero-order chi connectivity index (χ0) is 18.5. The van der Waals surface area contributed by atoms with Crippen molar-refractivity contribution in [2.24, 2.45) is 0 Å². The number of ether oxygens (including phenoxy) is 1. The molecule has 2 aromatic heterocycles. The molecule has 3 rings (SSSR count). The molecule has 2 heterocycles. The molecule has 134 valence electrons. The number of rotatable bonds is 5. The highest BCUT2D eigenvalue weighted by Crippen LogP contribution is 2.15.